The smallest absolute Gasteiger partial charge is 0.241 e. The average molecular weight is 453 g/mol. The Balaban J connectivity index is 1.57. The van der Waals surface area contributed by atoms with E-state index in [9.17, 15) is 18.0 Å². The number of carbonyl (C=O) groups is 2. The average Bonchev–Trinajstić information content (AvgIpc) is 3.36. The number of ketones is 1. The fraction of sp³-hybridized carbons (Fsp3) is 0.158. The van der Waals surface area contributed by atoms with E-state index in [1.807, 2.05) is 0 Å². The fourth-order valence-corrected chi connectivity index (χ4v) is 4.49. The van der Waals surface area contributed by atoms with Crippen molar-refractivity contribution < 1.29 is 22.4 Å². The minimum atomic E-state index is -3.78. The van der Waals surface area contributed by atoms with Gasteiger partial charge in [-0.25, -0.2) is 13.1 Å². The first-order valence-corrected chi connectivity index (χ1v) is 11.2. The fourth-order valence-electron chi connectivity index (χ4n) is 2.44. The molecule has 2 heterocycles. The molecular weight excluding hydrogens is 436 g/mol. The van der Waals surface area contributed by atoms with Crippen LogP contribution in [0.2, 0.25) is 4.34 Å². The number of Topliss-reactive ketones (excluding diaryl/α,β-unsaturated/α-hetero) is 1. The van der Waals surface area contributed by atoms with Crippen molar-refractivity contribution in [3.8, 4) is 0 Å². The number of benzene rings is 1. The van der Waals surface area contributed by atoms with Gasteiger partial charge < -0.3 is 9.73 Å². The van der Waals surface area contributed by atoms with Gasteiger partial charge in [-0.15, -0.1) is 11.3 Å². The predicted molar refractivity (Wildman–Crippen MR) is 111 cm³/mol. The number of sulfonamides is 1. The number of thiophene rings is 1. The van der Waals surface area contributed by atoms with Crippen LogP contribution in [0.3, 0.4) is 0 Å². The van der Waals surface area contributed by atoms with Crippen LogP contribution < -0.4 is 10.0 Å². The molecule has 0 aliphatic heterocycles. The van der Waals surface area contributed by atoms with E-state index in [-0.39, 0.29) is 36.0 Å². The second kappa shape index (κ2) is 9.36. The molecule has 1 amide bonds. The summed E-state index contributed by atoms with van der Waals surface area (Å²) in [6.07, 6.45) is 1.46. The number of rotatable bonds is 9. The van der Waals surface area contributed by atoms with E-state index in [0.29, 0.717) is 20.7 Å². The van der Waals surface area contributed by atoms with Crippen molar-refractivity contribution in [1.82, 2.24) is 4.72 Å². The van der Waals surface area contributed by atoms with E-state index in [2.05, 4.69) is 10.0 Å². The van der Waals surface area contributed by atoms with Crippen LogP contribution in [0.25, 0.3) is 0 Å². The maximum absolute atomic E-state index is 12.4. The Morgan fingerprint density at radius 2 is 1.90 bits per heavy atom. The number of hydrogen-bond donors (Lipinski definition) is 2. The minimum Gasteiger partial charge on any atom is -0.468 e. The van der Waals surface area contributed by atoms with Crippen LogP contribution in [0, 0.1) is 0 Å². The molecule has 0 saturated carbocycles. The summed E-state index contributed by atoms with van der Waals surface area (Å²) in [5.74, 6) is -0.0793. The lowest BCUT2D eigenvalue weighted by molar-refractivity contribution is -0.116. The number of furan rings is 1. The molecular formula is C19H17ClN2O5S2. The molecule has 2 aromatic heterocycles. The van der Waals surface area contributed by atoms with Gasteiger partial charge in [-0.1, -0.05) is 17.7 Å². The van der Waals surface area contributed by atoms with E-state index in [0.717, 1.165) is 11.3 Å². The van der Waals surface area contributed by atoms with Gasteiger partial charge in [-0.3, -0.25) is 9.59 Å². The molecule has 0 aliphatic rings. The third kappa shape index (κ3) is 6.01. The summed E-state index contributed by atoms with van der Waals surface area (Å²) in [5.41, 5.74) is 0.322. The van der Waals surface area contributed by atoms with Gasteiger partial charge in [0.2, 0.25) is 15.9 Å². The van der Waals surface area contributed by atoms with Crippen molar-refractivity contribution in [1.29, 1.82) is 0 Å². The number of hydrogen-bond acceptors (Lipinski definition) is 6. The number of halogens is 1. The molecule has 10 heteroatoms. The van der Waals surface area contributed by atoms with E-state index in [4.69, 9.17) is 16.0 Å². The molecule has 1 aromatic carbocycles. The summed E-state index contributed by atoms with van der Waals surface area (Å²) in [4.78, 5) is 24.7. The first kappa shape index (κ1) is 21.3. The highest BCUT2D eigenvalue weighted by atomic mass is 35.5. The van der Waals surface area contributed by atoms with E-state index in [1.165, 1.54) is 24.5 Å². The topological polar surface area (TPSA) is 105 Å². The van der Waals surface area contributed by atoms with Crippen LogP contribution in [0.4, 0.5) is 5.69 Å². The van der Waals surface area contributed by atoms with Gasteiger partial charge in [0.15, 0.2) is 5.78 Å². The van der Waals surface area contributed by atoms with E-state index < -0.39 is 10.0 Å². The van der Waals surface area contributed by atoms with Gasteiger partial charge in [0.25, 0.3) is 0 Å². The molecule has 0 aliphatic carbocycles. The zero-order chi connectivity index (χ0) is 20.9. The molecule has 0 bridgehead atoms. The quantitative estimate of drug-likeness (QED) is 0.476. The zero-order valence-electron chi connectivity index (χ0n) is 15.1. The van der Waals surface area contributed by atoms with Crippen molar-refractivity contribution in [3.05, 3.63) is 69.8 Å². The van der Waals surface area contributed by atoms with Crippen molar-refractivity contribution in [2.45, 2.75) is 24.3 Å². The lowest BCUT2D eigenvalue weighted by Crippen LogP contribution is -2.23. The second-order valence-electron chi connectivity index (χ2n) is 6.01. The monoisotopic (exact) mass is 452 g/mol. The minimum absolute atomic E-state index is 0.00570. The van der Waals surface area contributed by atoms with Crippen molar-refractivity contribution in [2.24, 2.45) is 0 Å². The van der Waals surface area contributed by atoms with Gasteiger partial charge in [0.1, 0.15) is 5.76 Å². The van der Waals surface area contributed by atoms with Crippen molar-refractivity contribution in [2.75, 3.05) is 5.32 Å². The highest BCUT2D eigenvalue weighted by molar-refractivity contribution is 7.89. The summed E-state index contributed by atoms with van der Waals surface area (Å²) in [6.45, 7) is 0.0147. The zero-order valence-corrected chi connectivity index (χ0v) is 17.4. The highest BCUT2D eigenvalue weighted by Crippen LogP contribution is 2.23. The normalized spacial score (nSPS) is 11.3. The molecule has 2 N–H and O–H groups in total. The Morgan fingerprint density at radius 3 is 2.59 bits per heavy atom. The molecule has 152 valence electrons. The van der Waals surface area contributed by atoms with Gasteiger partial charge in [-0.2, -0.15) is 0 Å². The summed E-state index contributed by atoms with van der Waals surface area (Å²) in [5, 5.41) is 2.61. The van der Waals surface area contributed by atoms with Crippen LogP contribution in [-0.4, -0.2) is 20.1 Å². The largest absolute Gasteiger partial charge is 0.468 e. The van der Waals surface area contributed by atoms with Crippen LogP contribution >= 0.6 is 22.9 Å². The lowest BCUT2D eigenvalue weighted by atomic mass is 10.2. The molecule has 7 nitrogen and oxygen atoms in total. The maximum Gasteiger partial charge on any atom is 0.241 e. The van der Waals surface area contributed by atoms with E-state index in [1.54, 1.807) is 30.3 Å². The second-order valence-corrected chi connectivity index (χ2v) is 9.49. The lowest BCUT2D eigenvalue weighted by Gasteiger charge is -2.09. The molecule has 0 fully saturated rings. The maximum atomic E-state index is 12.4. The SMILES string of the molecule is O=C(CCC(=O)c1ccc(Cl)s1)Nc1cccc(S(=O)(=O)NCc2ccco2)c1. The molecule has 3 rings (SSSR count). The van der Waals surface area contributed by atoms with Crippen LogP contribution in [-0.2, 0) is 21.4 Å². The molecule has 0 spiro atoms. The van der Waals surface area contributed by atoms with E-state index >= 15 is 0 Å². The highest BCUT2D eigenvalue weighted by Gasteiger charge is 2.16. The van der Waals surface area contributed by atoms with Crippen molar-refractivity contribution >= 4 is 50.3 Å². The molecule has 0 radical (unpaired) electrons. The molecule has 3 aromatic rings. The van der Waals surface area contributed by atoms with Gasteiger partial charge >= 0.3 is 0 Å². The molecule has 0 atom stereocenters. The third-order valence-electron chi connectivity index (χ3n) is 3.87. The summed E-state index contributed by atoms with van der Waals surface area (Å²) >= 11 is 6.97. The standard InChI is InChI=1S/C19H17ClN2O5S2/c20-18-8-7-17(28-18)16(23)6-9-19(24)22-13-3-1-5-15(11-13)29(25,26)21-12-14-4-2-10-27-14/h1-5,7-8,10-11,21H,6,9,12H2,(H,22,24). The van der Waals surface area contributed by atoms with Gasteiger partial charge in [-0.05, 0) is 42.5 Å². The van der Waals surface area contributed by atoms with Gasteiger partial charge in [0, 0.05) is 18.5 Å². The summed E-state index contributed by atoms with van der Waals surface area (Å²) in [7, 11) is -3.78. The molecule has 0 unspecified atom stereocenters. The van der Waals surface area contributed by atoms with Crippen molar-refractivity contribution in [3.63, 3.8) is 0 Å². The van der Waals surface area contributed by atoms with Crippen LogP contribution in [0.15, 0.2) is 64.1 Å². The Bertz CT molecular complexity index is 1110. The number of carbonyl (C=O) groups excluding carboxylic acids is 2. The Hall–Kier alpha value is -2.46. The predicted octanol–water partition coefficient (Wildman–Crippen LogP) is 4.07. The first-order valence-electron chi connectivity index (χ1n) is 8.54. The third-order valence-corrected chi connectivity index (χ3v) is 6.54. The Kier molecular flexibility index (Phi) is 6.86. The molecule has 0 saturated heterocycles. The summed E-state index contributed by atoms with van der Waals surface area (Å²) < 4.78 is 32.9. The Morgan fingerprint density at radius 1 is 1.07 bits per heavy atom. The summed E-state index contributed by atoms with van der Waals surface area (Å²) in [6, 6.07) is 12.4. The first-order chi connectivity index (χ1) is 13.8. The number of amides is 1. The van der Waals surface area contributed by atoms with Crippen LogP contribution in [0.5, 0.6) is 0 Å². The Labute approximate surface area is 176 Å². The number of nitrogens with one attached hydrogen (secondary N) is 2. The van der Waals surface area contributed by atoms with Crippen LogP contribution in [0.1, 0.15) is 28.3 Å². The number of anilines is 1. The van der Waals surface area contributed by atoms with Gasteiger partial charge in [0.05, 0.1) is 26.9 Å². The molecule has 29 heavy (non-hydrogen) atoms.